The van der Waals surface area contributed by atoms with E-state index < -0.39 is 0 Å². The average molecular weight is 185 g/mol. The third kappa shape index (κ3) is 2.21. The number of hydrogen-bond acceptors (Lipinski definition) is 3. The molecule has 0 amide bonds. The normalized spacial score (nSPS) is 22.7. The van der Waals surface area contributed by atoms with Crippen LogP contribution in [0.3, 0.4) is 0 Å². The number of hydrogen-bond donors (Lipinski definition) is 0. The van der Waals surface area contributed by atoms with Gasteiger partial charge < -0.3 is 9.64 Å². The molecule has 1 aliphatic heterocycles. The Morgan fingerprint density at radius 2 is 2.00 bits per heavy atom. The lowest BCUT2D eigenvalue weighted by Gasteiger charge is -2.36. The van der Waals surface area contributed by atoms with E-state index >= 15 is 0 Å². The molecule has 0 saturated carbocycles. The van der Waals surface area contributed by atoms with Gasteiger partial charge in [-0.3, -0.25) is 4.79 Å². The van der Waals surface area contributed by atoms with Gasteiger partial charge in [-0.2, -0.15) is 0 Å². The molecule has 0 aromatic rings. The van der Waals surface area contributed by atoms with E-state index in [1.165, 1.54) is 7.11 Å². The van der Waals surface area contributed by atoms with Crippen molar-refractivity contribution in [2.24, 2.45) is 5.41 Å². The molecule has 1 saturated heterocycles. The Balaban J connectivity index is 2.51. The van der Waals surface area contributed by atoms with Crippen molar-refractivity contribution in [2.45, 2.75) is 26.7 Å². The van der Waals surface area contributed by atoms with Crippen molar-refractivity contribution in [2.75, 3.05) is 26.7 Å². The molecule has 0 aliphatic carbocycles. The molecular formula is C10H19NO2. The second-order valence-corrected chi connectivity index (χ2v) is 3.99. The number of likely N-dealkylation sites (tertiary alicyclic amines) is 1. The summed E-state index contributed by atoms with van der Waals surface area (Å²) >= 11 is 0. The second-order valence-electron chi connectivity index (χ2n) is 3.99. The van der Waals surface area contributed by atoms with Gasteiger partial charge in [-0.25, -0.2) is 0 Å². The molecule has 0 atom stereocenters. The molecular weight excluding hydrogens is 166 g/mol. The van der Waals surface area contributed by atoms with Crippen LogP contribution in [-0.4, -0.2) is 37.6 Å². The first kappa shape index (κ1) is 10.5. The lowest BCUT2D eigenvalue weighted by Crippen LogP contribution is -2.42. The largest absolute Gasteiger partial charge is 0.469 e. The maximum atomic E-state index is 11.4. The smallest absolute Gasteiger partial charge is 0.311 e. The number of rotatable bonds is 2. The van der Waals surface area contributed by atoms with Gasteiger partial charge in [0, 0.05) is 0 Å². The summed E-state index contributed by atoms with van der Waals surface area (Å²) in [5.41, 5.74) is -0.236. The first-order chi connectivity index (χ1) is 6.12. The summed E-state index contributed by atoms with van der Waals surface area (Å²) in [6.07, 6.45) is 1.85. The summed E-state index contributed by atoms with van der Waals surface area (Å²) < 4.78 is 4.80. The fourth-order valence-electron chi connectivity index (χ4n) is 1.81. The van der Waals surface area contributed by atoms with Crippen LogP contribution in [0.5, 0.6) is 0 Å². The first-order valence-electron chi connectivity index (χ1n) is 4.93. The SMILES string of the molecule is CCN1CCC(C)(C(=O)OC)CC1. The van der Waals surface area contributed by atoms with Crippen LogP contribution in [0.15, 0.2) is 0 Å². The molecule has 0 bridgehead atoms. The van der Waals surface area contributed by atoms with Crippen LogP contribution in [0.1, 0.15) is 26.7 Å². The van der Waals surface area contributed by atoms with Gasteiger partial charge in [0.05, 0.1) is 12.5 Å². The van der Waals surface area contributed by atoms with Crippen LogP contribution in [0.4, 0.5) is 0 Å². The molecule has 13 heavy (non-hydrogen) atoms. The summed E-state index contributed by atoms with van der Waals surface area (Å²) in [5.74, 6) is -0.0525. The van der Waals surface area contributed by atoms with E-state index in [2.05, 4.69) is 11.8 Å². The monoisotopic (exact) mass is 185 g/mol. The minimum atomic E-state index is -0.236. The van der Waals surface area contributed by atoms with Gasteiger partial charge in [-0.1, -0.05) is 6.92 Å². The number of nitrogens with zero attached hydrogens (tertiary/aromatic N) is 1. The number of carbonyl (C=O) groups is 1. The zero-order valence-electron chi connectivity index (χ0n) is 8.80. The van der Waals surface area contributed by atoms with E-state index in [4.69, 9.17) is 4.74 Å². The van der Waals surface area contributed by atoms with Crippen molar-refractivity contribution in [3.8, 4) is 0 Å². The number of esters is 1. The highest BCUT2D eigenvalue weighted by Gasteiger charge is 2.37. The van der Waals surface area contributed by atoms with E-state index in [-0.39, 0.29) is 11.4 Å². The molecule has 1 fully saturated rings. The van der Waals surface area contributed by atoms with Crippen LogP contribution < -0.4 is 0 Å². The van der Waals surface area contributed by atoms with Gasteiger partial charge >= 0.3 is 5.97 Å². The summed E-state index contributed by atoms with van der Waals surface area (Å²) in [5, 5.41) is 0. The molecule has 76 valence electrons. The Hall–Kier alpha value is -0.570. The molecule has 1 rings (SSSR count). The predicted octanol–water partition coefficient (Wildman–Crippen LogP) is 1.28. The van der Waals surface area contributed by atoms with E-state index in [1.807, 2.05) is 6.92 Å². The highest BCUT2D eigenvalue weighted by molar-refractivity contribution is 5.76. The van der Waals surface area contributed by atoms with E-state index in [0.29, 0.717) is 0 Å². The fraction of sp³-hybridized carbons (Fsp3) is 0.900. The highest BCUT2D eigenvalue weighted by Crippen LogP contribution is 2.31. The molecule has 0 aromatic carbocycles. The lowest BCUT2D eigenvalue weighted by molar-refractivity contribution is -0.154. The summed E-state index contributed by atoms with van der Waals surface area (Å²) in [6.45, 7) is 7.27. The lowest BCUT2D eigenvalue weighted by atomic mass is 9.80. The van der Waals surface area contributed by atoms with Crippen molar-refractivity contribution in [3.05, 3.63) is 0 Å². The average Bonchev–Trinajstić information content (AvgIpc) is 2.18. The molecule has 1 aliphatic rings. The third-order valence-electron chi connectivity index (χ3n) is 3.09. The van der Waals surface area contributed by atoms with Gasteiger partial charge in [0.1, 0.15) is 0 Å². The molecule has 3 nitrogen and oxygen atoms in total. The van der Waals surface area contributed by atoms with Crippen LogP contribution in [-0.2, 0) is 9.53 Å². The quantitative estimate of drug-likeness (QED) is 0.607. The van der Waals surface area contributed by atoms with Crippen molar-refractivity contribution >= 4 is 5.97 Å². The number of ether oxygens (including phenoxy) is 1. The van der Waals surface area contributed by atoms with Crippen molar-refractivity contribution in [1.29, 1.82) is 0 Å². The van der Waals surface area contributed by atoms with Gasteiger partial charge in [0.25, 0.3) is 0 Å². The Morgan fingerprint density at radius 1 is 1.46 bits per heavy atom. The van der Waals surface area contributed by atoms with Gasteiger partial charge in [0.15, 0.2) is 0 Å². The minimum Gasteiger partial charge on any atom is -0.469 e. The fourth-order valence-corrected chi connectivity index (χ4v) is 1.81. The van der Waals surface area contributed by atoms with Crippen LogP contribution in [0.2, 0.25) is 0 Å². The summed E-state index contributed by atoms with van der Waals surface area (Å²) in [6, 6.07) is 0. The van der Waals surface area contributed by atoms with Crippen molar-refractivity contribution in [1.82, 2.24) is 4.90 Å². The topological polar surface area (TPSA) is 29.5 Å². The maximum Gasteiger partial charge on any atom is 0.311 e. The molecule has 1 heterocycles. The van der Waals surface area contributed by atoms with Crippen molar-refractivity contribution in [3.63, 3.8) is 0 Å². The summed E-state index contributed by atoms with van der Waals surface area (Å²) in [7, 11) is 1.47. The van der Waals surface area contributed by atoms with E-state index in [1.54, 1.807) is 0 Å². The highest BCUT2D eigenvalue weighted by atomic mass is 16.5. The molecule has 0 aromatic heterocycles. The molecule has 0 radical (unpaired) electrons. The number of piperidine rings is 1. The van der Waals surface area contributed by atoms with Gasteiger partial charge in [-0.05, 0) is 39.4 Å². The third-order valence-corrected chi connectivity index (χ3v) is 3.09. The molecule has 0 spiro atoms. The zero-order chi connectivity index (χ0) is 9.90. The molecule has 0 N–H and O–H groups in total. The Bertz CT molecular complexity index is 183. The van der Waals surface area contributed by atoms with Gasteiger partial charge in [0.2, 0.25) is 0 Å². The predicted molar refractivity (Wildman–Crippen MR) is 51.5 cm³/mol. The van der Waals surface area contributed by atoms with Crippen molar-refractivity contribution < 1.29 is 9.53 Å². The zero-order valence-corrected chi connectivity index (χ0v) is 8.80. The Labute approximate surface area is 80.1 Å². The minimum absolute atomic E-state index is 0.0525. The first-order valence-corrected chi connectivity index (χ1v) is 4.93. The molecule has 0 unspecified atom stereocenters. The van der Waals surface area contributed by atoms with Crippen LogP contribution in [0, 0.1) is 5.41 Å². The molecule has 3 heteroatoms. The van der Waals surface area contributed by atoms with Crippen LogP contribution in [0.25, 0.3) is 0 Å². The number of carbonyl (C=O) groups excluding carboxylic acids is 1. The van der Waals surface area contributed by atoms with Crippen LogP contribution >= 0.6 is 0 Å². The van der Waals surface area contributed by atoms with E-state index in [9.17, 15) is 4.79 Å². The standard InChI is InChI=1S/C10H19NO2/c1-4-11-7-5-10(2,6-8-11)9(12)13-3/h4-8H2,1-3H3. The number of methoxy groups -OCH3 is 1. The summed E-state index contributed by atoms with van der Waals surface area (Å²) in [4.78, 5) is 13.8. The Morgan fingerprint density at radius 3 is 2.38 bits per heavy atom. The second kappa shape index (κ2) is 4.09. The maximum absolute atomic E-state index is 11.4. The van der Waals surface area contributed by atoms with Gasteiger partial charge in [-0.15, -0.1) is 0 Å². The Kier molecular flexibility index (Phi) is 3.31. The van der Waals surface area contributed by atoms with E-state index in [0.717, 1.165) is 32.5 Å².